The summed E-state index contributed by atoms with van der Waals surface area (Å²) in [6.45, 7) is 2.40. The Morgan fingerprint density at radius 2 is 2.06 bits per heavy atom. The molecule has 3 N–H and O–H groups in total. The van der Waals surface area contributed by atoms with Crippen LogP contribution >= 0.6 is 0 Å². The van der Waals surface area contributed by atoms with Crippen LogP contribution in [0.4, 0.5) is 5.69 Å². The van der Waals surface area contributed by atoms with E-state index in [1.54, 1.807) is 18.3 Å². The Kier molecular flexibility index (Phi) is 3.14. The van der Waals surface area contributed by atoms with Crippen molar-refractivity contribution >= 4 is 5.69 Å². The summed E-state index contributed by atoms with van der Waals surface area (Å²) in [5.74, 6) is 0.142. The Bertz CT molecular complexity index is 527. The van der Waals surface area contributed by atoms with Crippen molar-refractivity contribution in [3.05, 3.63) is 47.8 Å². The molecule has 0 aliphatic heterocycles. The number of aromatic nitrogens is 1. The molecule has 1 aromatic heterocycles. The highest BCUT2D eigenvalue weighted by molar-refractivity contribution is 5.48. The molecule has 0 spiro atoms. The first-order valence-corrected chi connectivity index (χ1v) is 5.33. The van der Waals surface area contributed by atoms with Crippen LogP contribution in [0, 0.1) is 6.92 Å². The van der Waals surface area contributed by atoms with Gasteiger partial charge in [-0.05, 0) is 31.2 Å². The van der Waals surface area contributed by atoms with Gasteiger partial charge in [0.1, 0.15) is 11.5 Å². The predicted octanol–water partition coefficient (Wildman–Crippen LogP) is 2.41. The molecule has 2 aromatic rings. The molecular weight excluding hydrogens is 216 g/mol. The van der Waals surface area contributed by atoms with Gasteiger partial charge in [-0.2, -0.15) is 0 Å². The molecule has 0 radical (unpaired) electrons. The van der Waals surface area contributed by atoms with Crippen molar-refractivity contribution in [2.75, 3.05) is 5.32 Å². The van der Waals surface area contributed by atoms with Gasteiger partial charge < -0.3 is 15.5 Å². The van der Waals surface area contributed by atoms with Crippen molar-refractivity contribution < 1.29 is 10.2 Å². The number of aromatic hydroxyl groups is 2. The first kappa shape index (κ1) is 11.3. The molecule has 0 bridgehead atoms. The highest BCUT2D eigenvalue weighted by atomic mass is 16.3. The number of anilines is 1. The highest BCUT2D eigenvalue weighted by Crippen LogP contribution is 2.23. The van der Waals surface area contributed by atoms with E-state index >= 15 is 0 Å². The molecular formula is C13H14N2O2. The van der Waals surface area contributed by atoms with Crippen molar-refractivity contribution in [1.82, 2.24) is 4.98 Å². The first-order valence-electron chi connectivity index (χ1n) is 5.33. The van der Waals surface area contributed by atoms with E-state index in [0.29, 0.717) is 6.54 Å². The molecule has 0 aliphatic rings. The number of phenolic OH excluding ortho intramolecular Hbond substituents is 2. The third kappa shape index (κ3) is 2.66. The summed E-state index contributed by atoms with van der Waals surface area (Å²) in [4.78, 5) is 4.16. The lowest BCUT2D eigenvalue weighted by Gasteiger charge is -2.09. The van der Waals surface area contributed by atoms with Crippen molar-refractivity contribution in [2.24, 2.45) is 0 Å². The Hall–Kier alpha value is -2.23. The van der Waals surface area contributed by atoms with Crippen LogP contribution in [0.1, 0.15) is 11.3 Å². The summed E-state index contributed by atoms with van der Waals surface area (Å²) in [7, 11) is 0. The molecule has 4 heteroatoms. The summed E-state index contributed by atoms with van der Waals surface area (Å²) in [5.41, 5.74) is 2.57. The molecule has 0 saturated heterocycles. The van der Waals surface area contributed by atoms with Gasteiger partial charge in [-0.1, -0.05) is 0 Å². The number of rotatable bonds is 3. The van der Waals surface area contributed by atoms with Crippen LogP contribution in [-0.2, 0) is 6.54 Å². The second-order valence-corrected chi connectivity index (χ2v) is 3.80. The maximum absolute atomic E-state index is 9.62. The van der Waals surface area contributed by atoms with E-state index < -0.39 is 0 Å². The maximum Gasteiger partial charge on any atom is 0.124 e. The molecule has 2 rings (SSSR count). The van der Waals surface area contributed by atoms with E-state index in [0.717, 1.165) is 16.9 Å². The lowest BCUT2D eigenvalue weighted by Crippen LogP contribution is -2.01. The largest absolute Gasteiger partial charge is 0.508 e. The van der Waals surface area contributed by atoms with E-state index in [1.165, 1.54) is 6.07 Å². The Balaban J connectivity index is 2.10. The normalized spacial score (nSPS) is 10.2. The van der Waals surface area contributed by atoms with Crippen LogP contribution < -0.4 is 5.32 Å². The van der Waals surface area contributed by atoms with Crippen molar-refractivity contribution in [1.29, 1.82) is 0 Å². The summed E-state index contributed by atoms with van der Waals surface area (Å²) in [5, 5.41) is 22.0. The van der Waals surface area contributed by atoms with Gasteiger partial charge >= 0.3 is 0 Å². The minimum absolute atomic E-state index is 0.0591. The molecule has 0 aliphatic carbocycles. The van der Waals surface area contributed by atoms with Gasteiger partial charge in [0.2, 0.25) is 0 Å². The predicted molar refractivity (Wildman–Crippen MR) is 66.1 cm³/mol. The van der Waals surface area contributed by atoms with E-state index in [9.17, 15) is 10.2 Å². The minimum atomic E-state index is 0.0591. The molecule has 0 unspecified atom stereocenters. The zero-order valence-electron chi connectivity index (χ0n) is 9.51. The highest BCUT2D eigenvalue weighted by Gasteiger charge is 2.03. The summed E-state index contributed by atoms with van der Waals surface area (Å²) >= 11 is 0. The number of hydrogen-bond donors (Lipinski definition) is 3. The number of benzene rings is 1. The topological polar surface area (TPSA) is 65.4 Å². The molecule has 1 heterocycles. The SMILES string of the molecule is Cc1ncccc1NCc1ccc(O)cc1O. The quantitative estimate of drug-likeness (QED) is 0.757. The fourth-order valence-corrected chi connectivity index (χ4v) is 1.56. The van der Waals surface area contributed by atoms with E-state index in [-0.39, 0.29) is 11.5 Å². The van der Waals surface area contributed by atoms with Gasteiger partial charge in [0.15, 0.2) is 0 Å². The summed E-state index contributed by atoms with van der Waals surface area (Å²) in [6, 6.07) is 8.34. The van der Waals surface area contributed by atoms with Crippen LogP contribution in [0.15, 0.2) is 36.5 Å². The van der Waals surface area contributed by atoms with Gasteiger partial charge in [0.25, 0.3) is 0 Å². The molecule has 0 saturated carbocycles. The van der Waals surface area contributed by atoms with Gasteiger partial charge in [-0.15, -0.1) is 0 Å². The third-order valence-corrected chi connectivity index (χ3v) is 2.55. The van der Waals surface area contributed by atoms with Gasteiger partial charge in [0, 0.05) is 24.4 Å². The van der Waals surface area contributed by atoms with E-state index in [4.69, 9.17) is 0 Å². The first-order chi connectivity index (χ1) is 8.16. The second-order valence-electron chi connectivity index (χ2n) is 3.80. The molecule has 4 nitrogen and oxygen atoms in total. The number of nitrogens with zero attached hydrogens (tertiary/aromatic N) is 1. The zero-order valence-corrected chi connectivity index (χ0v) is 9.51. The second kappa shape index (κ2) is 4.74. The molecule has 0 amide bonds. The van der Waals surface area contributed by atoms with Crippen molar-refractivity contribution in [3.63, 3.8) is 0 Å². The lowest BCUT2D eigenvalue weighted by molar-refractivity contribution is 0.446. The van der Waals surface area contributed by atoms with E-state index in [1.807, 2.05) is 19.1 Å². The summed E-state index contributed by atoms with van der Waals surface area (Å²) < 4.78 is 0. The Morgan fingerprint density at radius 3 is 2.76 bits per heavy atom. The fourth-order valence-electron chi connectivity index (χ4n) is 1.56. The standard InChI is InChI=1S/C13H14N2O2/c1-9-12(3-2-6-14-9)15-8-10-4-5-11(16)7-13(10)17/h2-7,15-17H,8H2,1H3. The number of aryl methyl sites for hydroxylation is 1. The van der Waals surface area contributed by atoms with Gasteiger partial charge in [0.05, 0.1) is 11.4 Å². The molecule has 0 fully saturated rings. The van der Waals surface area contributed by atoms with Crippen LogP contribution in [-0.4, -0.2) is 15.2 Å². The minimum Gasteiger partial charge on any atom is -0.508 e. The van der Waals surface area contributed by atoms with Crippen LogP contribution in [0.5, 0.6) is 11.5 Å². The van der Waals surface area contributed by atoms with Crippen LogP contribution in [0.25, 0.3) is 0 Å². The smallest absolute Gasteiger partial charge is 0.124 e. The fraction of sp³-hybridized carbons (Fsp3) is 0.154. The summed E-state index contributed by atoms with van der Waals surface area (Å²) in [6.07, 6.45) is 1.73. The van der Waals surface area contributed by atoms with Crippen LogP contribution in [0.2, 0.25) is 0 Å². The lowest BCUT2D eigenvalue weighted by atomic mass is 10.2. The van der Waals surface area contributed by atoms with E-state index in [2.05, 4.69) is 10.3 Å². The van der Waals surface area contributed by atoms with Gasteiger partial charge in [-0.3, -0.25) is 4.98 Å². The molecule has 1 aromatic carbocycles. The van der Waals surface area contributed by atoms with Crippen molar-refractivity contribution in [3.8, 4) is 11.5 Å². The molecule has 88 valence electrons. The van der Waals surface area contributed by atoms with Gasteiger partial charge in [-0.25, -0.2) is 0 Å². The molecule has 0 atom stereocenters. The Morgan fingerprint density at radius 1 is 1.24 bits per heavy atom. The average Bonchev–Trinajstić information content (AvgIpc) is 2.30. The number of phenols is 2. The molecule has 17 heavy (non-hydrogen) atoms. The average molecular weight is 230 g/mol. The van der Waals surface area contributed by atoms with Crippen molar-refractivity contribution in [2.45, 2.75) is 13.5 Å². The monoisotopic (exact) mass is 230 g/mol. The maximum atomic E-state index is 9.62. The number of hydrogen-bond acceptors (Lipinski definition) is 4. The third-order valence-electron chi connectivity index (χ3n) is 2.55. The Labute approximate surface area is 99.6 Å². The number of nitrogens with one attached hydrogen (secondary N) is 1. The van der Waals surface area contributed by atoms with Crippen LogP contribution in [0.3, 0.4) is 0 Å². The number of pyridine rings is 1. The zero-order chi connectivity index (χ0) is 12.3.